The minimum atomic E-state index is -4.43. The largest absolute Gasteiger partial charge is 0.405 e. The Kier molecular flexibility index (Phi) is 5.89. The monoisotopic (exact) mass is 360 g/mol. The van der Waals surface area contributed by atoms with Crippen molar-refractivity contribution in [3.05, 3.63) is 22.5 Å². The molecule has 1 aliphatic heterocycles. The number of H-pyrrole nitrogens is 1. The Morgan fingerprint density at radius 3 is 2.32 bits per heavy atom. The first kappa shape index (κ1) is 19.5. The minimum absolute atomic E-state index is 0.129. The van der Waals surface area contributed by atoms with Crippen LogP contribution in [0.15, 0.2) is 0 Å². The highest BCUT2D eigenvalue weighted by molar-refractivity contribution is 6.02. The van der Waals surface area contributed by atoms with E-state index in [9.17, 15) is 22.8 Å². The molecule has 1 atom stereocenters. The highest BCUT2D eigenvalue weighted by Gasteiger charge is 2.44. The maximum absolute atomic E-state index is 13.3. The molecule has 1 aliphatic rings. The first-order chi connectivity index (χ1) is 11.6. The van der Waals surface area contributed by atoms with Crippen LogP contribution in [0.5, 0.6) is 0 Å². The van der Waals surface area contributed by atoms with Crippen LogP contribution in [0.2, 0.25) is 0 Å². The molecule has 0 aliphatic carbocycles. The fraction of sp³-hybridized carbons (Fsp3) is 0.625. The van der Waals surface area contributed by atoms with Gasteiger partial charge in [-0.05, 0) is 26.3 Å². The molecule has 9 heteroatoms. The van der Waals surface area contributed by atoms with Gasteiger partial charge in [0.25, 0.3) is 5.91 Å². The second-order valence-electron chi connectivity index (χ2n) is 6.23. The lowest BCUT2D eigenvalue weighted by molar-refractivity contribution is -0.183. The molecule has 6 nitrogen and oxygen atoms in total. The van der Waals surface area contributed by atoms with Crippen molar-refractivity contribution in [3.63, 3.8) is 0 Å². The highest BCUT2D eigenvalue weighted by atomic mass is 19.4. The fourth-order valence-corrected chi connectivity index (χ4v) is 3.23. The third kappa shape index (κ3) is 4.40. The molecule has 1 aromatic rings. The summed E-state index contributed by atoms with van der Waals surface area (Å²) in [7, 11) is 0. The van der Waals surface area contributed by atoms with Crippen LogP contribution < -0.4 is 10.6 Å². The van der Waals surface area contributed by atoms with E-state index in [0.29, 0.717) is 29.9 Å². The molecular weight excluding hydrogens is 337 g/mol. The number of carbonyl (C=O) groups excluding carboxylic acids is 2. The van der Waals surface area contributed by atoms with Gasteiger partial charge in [-0.3, -0.25) is 14.5 Å². The SMILES string of the molecule is CC(=O)c1c(C)[nH]c(C(=O)NCC(N2CCNCC2)C(F)(F)F)c1C. The van der Waals surface area contributed by atoms with Gasteiger partial charge in [-0.1, -0.05) is 0 Å². The zero-order valence-electron chi connectivity index (χ0n) is 14.5. The van der Waals surface area contributed by atoms with Gasteiger partial charge in [0.05, 0.1) is 0 Å². The van der Waals surface area contributed by atoms with Gasteiger partial charge < -0.3 is 15.6 Å². The van der Waals surface area contributed by atoms with Crippen LogP contribution in [-0.2, 0) is 0 Å². The number of piperazine rings is 1. The van der Waals surface area contributed by atoms with Crippen molar-refractivity contribution >= 4 is 11.7 Å². The van der Waals surface area contributed by atoms with E-state index in [1.54, 1.807) is 13.8 Å². The number of nitrogens with zero attached hydrogens (tertiary/aromatic N) is 1. The number of ketones is 1. The number of aryl methyl sites for hydroxylation is 1. The average Bonchev–Trinajstić information content (AvgIpc) is 2.82. The summed E-state index contributed by atoms with van der Waals surface area (Å²) in [5.74, 6) is -0.836. The van der Waals surface area contributed by atoms with Gasteiger partial charge in [0.15, 0.2) is 5.78 Å². The van der Waals surface area contributed by atoms with E-state index in [-0.39, 0.29) is 24.6 Å². The van der Waals surface area contributed by atoms with Gasteiger partial charge in [-0.15, -0.1) is 0 Å². The Morgan fingerprint density at radius 1 is 1.24 bits per heavy atom. The van der Waals surface area contributed by atoms with Crippen LogP contribution in [0.1, 0.15) is 39.0 Å². The van der Waals surface area contributed by atoms with Gasteiger partial charge in [0, 0.05) is 44.0 Å². The zero-order chi connectivity index (χ0) is 18.8. The van der Waals surface area contributed by atoms with Crippen LogP contribution in [0, 0.1) is 13.8 Å². The third-order valence-corrected chi connectivity index (χ3v) is 4.44. The van der Waals surface area contributed by atoms with Crippen LogP contribution in [0.3, 0.4) is 0 Å². The normalized spacial score (nSPS) is 17.4. The number of nitrogens with one attached hydrogen (secondary N) is 3. The summed E-state index contributed by atoms with van der Waals surface area (Å²) < 4.78 is 40.0. The van der Waals surface area contributed by atoms with Crippen molar-refractivity contribution in [1.29, 1.82) is 0 Å². The first-order valence-electron chi connectivity index (χ1n) is 8.12. The average molecular weight is 360 g/mol. The second kappa shape index (κ2) is 7.57. The summed E-state index contributed by atoms with van der Waals surface area (Å²) in [5.41, 5.74) is 1.52. The lowest BCUT2D eigenvalue weighted by Crippen LogP contribution is -2.57. The molecule has 1 amide bonds. The number of aromatic amines is 1. The quantitative estimate of drug-likeness (QED) is 0.694. The van der Waals surface area contributed by atoms with E-state index >= 15 is 0 Å². The van der Waals surface area contributed by atoms with E-state index in [1.807, 2.05) is 0 Å². The van der Waals surface area contributed by atoms with Gasteiger partial charge in [0.1, 0.15) is 11.7 Å². The number of Topliss-reactive ketones (excluding diaryl/α,β-unsaturated/α-hetero) is 1. The summed E-state index contributed by atoms with van der Waals surface area (Å²) in [6, 6.07) is -1.73. The molecule has 1 saturated heterocycles. The van der Waals surface area contributed by atoms with Gasteiger partial charge in [-0.2, -0.15) is 13.2 Å². The molecule has 2 rings (SSSR count). The lowest BCUT2D eigenvalue weighted by Gasteiger charge is -2.35. The zero-order valence-corrected chi connectivity index (χ0v) is 14.5. The van der Waals surface area contributed by atoms with Crippen molar-refractivity contribution in [2.75, 3.05) is 32.7 Å². The van der Waals surface area contributed by atoms with Crippen molar-refractivity contribution in [2.45, 2.75) is 33.0 Å². The summed E-state index contributed by atoms with van der Waals surface area (Å²) in [5, 5.41) is 5.37. The number of halogens is 3. The number of carbonyl (C=O) groups is 2. The second-order valence-corrected chi connectivity index (χ2v) is 6.23. The van der Waals surface area contributed by atoms with Crippen molar-refractivity contribution < 1.29 is 22.8 Å². The van der Waals surface area contributed by atoms with Crippen molar-refractivity contribution in [1.82, 2.24) is 20.5 Å². The van der Waals surface area contributed by atoms with Crippen LogP contribution in [0.4, 0.5) is 13.2 Å². The number of alkyl halides is 3. The maximum atomic E-state index is 13.3. The molecule has 3 N–H and O–H groups in total. The molecule has 0 aromatic carbocycles. The summed E-state index contributed by atoms with van der Waals surface area (Å²) in [6.07, 6.45) is -4.43. The van der Waals surface area contributed by atoms with E-state index in [4.69, 9.17) is 0 Å². The molecule has 1 unspecified atom stereocenters. The number of hydrogen-bond acceptors (Lipinski definition) is 4. The fourth-order valence-electron chi connectivity index (χ4n) is 3.23. The predicted molar refractivity (Wildman–Crippen MR) is 86.9 cm³/mol. The molecule has 2 heterocycles. The molecule has 140 valence electrons. The number of amides is 1. The lowest BCUT2D eigenvalue weighted by atomic mass is 10.1. The highest BCUT2D eigenvalue weighted by Crippen LogP contribution is 2.25. The summed E-state index contributed by atoms with van der Waals surface area (Å²) in [4.78, 5) is 28.1. The van der Waals surface area contributed by atoms with E-state index in [1.165, 1.54) is 11.8 Å². The van der Waals surface area contributed by atoms with Crippen LogP contribution >= 0.6 is 0 Å². The number of hydrogen-bond donors (Lipinski definition) is 3. The number of rotatable bonds is 5. The minimum Gasteiger partial charge on any atom is -0.354 e. The van der Waals surface area contributed by atoms with E-state index in [0.717, 1.165) is 0 Å². The molecular formula is C16H23F3N4O2. The Balaban J connectivity index is 2.11. The molecule has 1 fully saturated rings. The first-order valence-corrected chi connectivity index (χ1v) is 8.12. The van der Waals surface area contributed by atoms with Crippen molar-refractivity contribution in [3.8, 4) is 0 Å². The standard InChI is InChI=1S/C16H23F3N4O2/c1-9-13(11(3)24)10(2)22-14(9)15(25)21-8-12(16(17,18)19)23-6-4-20-5-7-23/h12,20,22H,4-8H2,1-3H3,(H,21,25). The van der Waals surface area contributed by atoms with Crippen LogP contribution in [-0.4, -0.2) is 66.5 Å². The van der Waals surface area contributed by atoms with Gasteiger partial charge in [-0.25, -0.2) is 0 Å². The van der Waals surface area contributed by atoms with Crippen molar-refractivity contribution in [2.24, 2.45) is 0 Å². The van der Waals surface area contributed by atoms with E-state index < -0.39 is 24.7 Å². The molecule has 0 bridgehead atoms. The third-order valence-electron chi connectivity index (χ3n) is 4.44. The summed E-state index contributed by atoms with van der Waals surface area (Å²) >= 11 is 0. The Bertz CT molecular complexity index is 649. The predicted octanol–water partition coefficient (Wildman–Crippen LogP) is 1.40. The van der Waals surface area contributed by atoms with Gasteiger partial charge >= 0.3 is 6.18 Å². The topological polar surface area (TPSA) is 77.2 Å². The molecule has 0 radical (unpaired) electrons. The summed E-state index contributed by atoms with van der Waals surface area (Å²) in [6.45, 7) is 5.62. The van der Waals surface area contributed by atoms with E-state index in [2.05, 4.69) is 15.6 Å². The Morgan fingerprint density at radius 2 is 1.84 bits per heavy atom. The molecule has 1 aromatic heterocycles. The molecule has 0 spiro atoms. The Hall–Kier alpha value is -1.87. The smallest absolute Gasteiger partial charge is 0.354 e. The molecule has 0 saturated carbocycles. The molecule has 25 heavy (non-hydrogen) atoms. The maximum Gasteiger partial charge on any atom is 0.405 e. The number of aromatic nitrogens is 1. The Labute approximate surface area is 144 Å². The van der Waals surface area contributed by atoms with Crippen LogP contribution in [0.25, 0.3) is 0 Å². The van der Waals surface area contributed by atoms with Gasteiger partial charge in [0.2, 0.25) is 0 Å².